The molecule has 1 heterocycles. The van der Waals surface area contributed by atoms with Crippen LogP contribution in [0.5, 0.6) is 0 Å². The summed E-state index contributed by atoms with van der Waals surface area (Å²) in [7, 11) is 0. The van der Waals surface area contributed by atoms with Gasteiger partial charge in [-0.2, -0.15) is 0 Å². The normalized spacial score (nSPS) is 18.8. The molecule has 106 valence electrons. The average molecular weight is 270 g/mol. The van der Waals surface area contributed by atoms with E-state index in [4.69, 9.17) is 4.74 Å². The predicted octanol–water partition coefficient (Wildman–Crippen LogP) is 3.28. The van der Waals surface area contributed by atoms with Crippen molar-refractivity contribution in [3.63, 3.8) is 0 Å². The molecule has 0 saturated heterocycles. The number of benzene rings is 1. The van der Waals surface area contributed by atoms with Crippen LogP contribution < -0.4 is 5.32 Å². The van der Waals surface area contributed by atoms with E-state index in [1.54, 1.807) is 0 Å². The van der Waals surface area contributed by atoms with Gasteiger partial charge in [0.05, 0.1) is 12.1 Å². The molecule has 1 aromatic heterocycles. The van der Waals surface area contributed by atoms with Crippen molar-refractivity contribution in [2.45, 2.75) is 45.0 Å². The third-order valence-electron chi connectivity index (χ3n) is 4.29. The van der Waals surface area contributed by atoms with Gasteiger partial charge in [-0.1, -0.05) is 12.1 Å². The Kier molecular flexibility index (Phi) is 3.25. The van der Waals surface area contributed by atoms with Crippen LogP contribution in [0.1, 0.15) is 31.2 Å². The van der Waals surface area contributed by atoms with Gasteiger partial charge in [0, 0.05) is 18.8 Å². The molecule has 0 spiro atoms. The topological polar surface area (TPSA) is 26.2 Å². The predicted molar refractivity (Wildman–Crippen MR) is 80.5 cm³/mol. The van der Waals surface area contributed by atoms with Gasteiger partial charge in [-0.05, 0) is 54.7 Å². The molecule has 1 aromatic carbocycles. The average Bonchev–Trinajstić information content (AvgIpc) is 3.37. The Bertz CT molecular complexity index is 596. The minimum absolute atomic E-state index is 0.680. The van der Waals surface area contributed by atoms with E-state index in [0.29, 0.717) is 6.73 Å². The fourth-order valence-electron chi connectivity index (χ4n) is 2.60. The Labute approximate surface area is 119 Å². The number of nitrogens with zero attached hydrogens (tertiary/aromatic N) is 1. The van der Waals surface area contributed by atoms with Gasteiger partial charge in [-0.15, -0.1) is 0 Å². The van der Waals surface area contributed by atoms with E-state index in [1.165, 1.54) is 42.1 Å². The highest BCUT2D eigenvalue weighted by molar-refractivity contribution is 5.80. The Hall–Kier alpha value is -1.32. The lowest BCUT2D eigenvalue weighted by Crippen LogP contribution is -2.15. The zero-order chi connectivity index (χ0) is 13.4. The second-order valence-corrected chi connectivity index (χ2v) is 6.28. The number of hydrogen-bond acceptors (Lipinski definition) is 2. The lowest BCUT2D eigenvalue weighted by molar-refractivity contribution is 0.0718. The van der Waals surface area contributed by atoms with Crippen molar-refractivity contribution in [3.05, 3.63) is 36.0 Å². The fraction of sp³-hybridized carbons (Fsp3) is 0.529. The van der Waals surface area contributed by atoms with E-state index < -0.39 is 0 Å². The molecule has 4 rings (SSSR count). The molecule has 1 N–H and O–H groups in total. The van der Waals surface area contributed by atoms with Gasteiger partial charge >= 0.3 is 0 Å². The van der Waals surface area contributed by atoms with Crippen LogP contribution in [0.4, 0.5) is 0 Å². The van der Waals surface area contributed by atoms with Crippen LogP contribution in [0.25, 0.3) is 10.9 Å². The van der Waals surface area contributed by atoms with Gasteiger partial charge in [-0.25, -0.2) is 0 Å². The lowest BCUT2D eigenvalue weighted by atomic mass is 10.1. The number of ether oxygens (including phenoxy) is 1. The van der Waals surface area contributed by atoms with Crippen molar-refractivity contribution in [3.8, 4) is 0 Å². The first-order chi connectivity index (χ1) is 9.88. The number of nitrogens with one attached hydrogen (secondary N) is 1. The summed E-state index contributed by atoms with van der Waals surface area (Å²) >= 11 is 0. The maximum absolute atomic E-state index is 5.81. The van der Waals surface area contributed by atoms with Gasteiger partial charge in [-0.3, -0.25) is 0 Å². The molecule has 2 fully saturated rings. The molecular formula is C17H22N2O. The molecule has 0 amide bonds. The first kappa shape index (κ1) is 12.4. The second-order valence-electron chi connectivity index (χ2n) is 6.28. The zero-order valence-corrected chi connectivity index (χ0v) is 11.8. The van der Waals surface area contributed by atoms with Gasteiger partial charge in [0.15, 0.2) is 0 Å². The highest BCUT2D eigenvalue weighted by Gasteiger charge is 2.21. The summed E-state index contributed by atoms with van der Waals surface area (Å²) in [5.41, 5.74) is 2.66. The molecule has 2 saturated carbocycles. The fourth-order valence-corrected chi connectivity index (χ4v) is 2.60. The Balaban J connectivity index is 1.45. The summed E-state index contributed by atoms with van der Waals surface area (Å²) < 4.78 is 8.03. The summed E-state index contributed by atoms with van der Waals surface area (Å²) in [6.45, 7) is 2.58. The highest BCUT2D eigenvalue weighted by Crippen LogP contribution is 2.29. The van der Waals surface area contributed by atoms with Gasteiger partial charge in [0.1, 0.15) is 6.73 Å². The van der Waals surface area contributed by atoms with E-state index in [0.717, 1.165) is 25.1 Å². The van der Waals surface area contributed by atoms with Crippen LogP contribution in [0.2, 0.25) is 0 Å². The van der Waals surface area contributed by atoms with Crippen LogP contribution in [0, 0.1) is 5.92 Å². The van der Waals surface area contributed by atoms with E-state index in [-0.39, 0.29) is 0 Å². The van der Waals surface area contributed by atoms with Crippen molar-refractivity contribution in [2.24, 2.45) is 5.92 Å². The zero-order valence-electron chi connectivity index (χ0n) is 11.8. The Morgan fingerprint density at radius 1 is 1.15 bits per heavy atom. The molecule has 3 heteroatoms. The van der Waals surface area contributed by atoms with Crippen LogP contribution in [0.3, 0.4) is 0 Å². The Morgan fingerprint density at radius 3 is 2.85 bits per heavy atom. The minimum Gasteiger partial charge on any atom is -0.360 e. The molecule has 0 aliphatic heterocycles. The largest absolute Gasteiger partial charge is 0.360 e. The van der Waals surface area contributed by atoms with Crippen LogP contribution in [-0.4, -0.2) is 17.2 Å². The van der Waals surface area contributed by atoms with E-state index in [2.05, 4.69) is 40.3 Å². The third kappa shape index (κ3) is 2.89. The summed E-state index contributed by atoms with van der Waals surface area (Å²) in [6.07, 6.45) is 7.52. The van der Waals surface area contributed by atoms with Crippen molar-refractivity contribution in [1.29, 1.82) is 0 Å². The summed E-state index contributed by atoms with van der Waals surface area (Å²) in [4.78, 5) is 0. The van der Waals surface area contributed by atoms with Crippen LogP contribution in [0.15, 0.2) is 30.5 Å². The number of aromatic nitrogens is 1. The van der Waals surface area contributed by atoms with E-state index in [1.807, 2.05) is 0 Å². The smallest absolute Gasteiger partial charge is 0.122 e. The molecule has 0 unspecified atom stereocenters. The monoisotopic (exact) mass is 270 g/mol. The number of hydrogen-bond donors (Lipinski definition) is 1. The van der Waals surface area contributed by atoms with Gasteiger partial charge in [0.25, 0.3) is 0 Å². The SMILES string of the molecule is c1cc2ccn(COCC3CC3)c2cc1CNC1CC1. The first-order valence-electron chi connectivity index (χ1n) is 7.77. The Morgan fingerprint density at radius 2 is 2.05 bits per heavy atom. The van der Waals surface area contributed by atoms with Crippen LogP contribution >= 0.6 is 0 Å². The molecule has 3 nitrogen and oxygen atoms in total. The summed E-state index contributed by atoms with van der Waals surface area (Å²) in [6, 6.07) is 9.68. The van der Waals surface area contributed by atoms with Crippen LogP contribution in [-0.2, 0) is 18.0 Å². The van der Waals surface area contributed by atoms with Crippen molar-refractivity contribution in [1.82, 2.24) is 9.88 Å². The summed E-state index contributed by atoms with van der Waals surface area (Å²) in [5.74, 6) is 0.829. The van der Waals surface area contributed by atoms with Gasteiger partial charge in [0.2, 0.25) is 0 Å². The van der Waals surface area contributed by atoms with E-state index in [9.17, 15) is 0 Å². The molecule has 0 atom stereocenters. The quantitative estimate of drug-likeness (QED) is 0.835. The minimum atomic E-state index is 0.680. The number of fused-ring (bicyclic) bond motifs is 1. The second kappa shape index (κ2) is 5.23. The maximum atomic E-state index is 5.81. The van der Waals surface area contributed by atoms with Crippen molar-refractivity contribution < 1.29 is 4.74 Å². The maximum Gasteiger partial charge on any atom is 0.122 e. The molecule has 2 aliphatic rings. The molecule has 2 aliphatic carbocycles. The van der Waals surface area contributed by atoms with E-state index >= 15 is 0 Å². The van der Waals surface area contributed by atoms with Crippen molar-refractivity contribution >= 4 is 10.9 Å². The molecule has 0 radical (unpaired) electrons. The molecule has 2 aromatic rings. The highest BCUT2D eigenvalue weighted by atomic mass is 16.5. The standard InChI is InChI=1S/C17H22N2O/c1-2-13(1)11-20-12-19-8-7-15-4-3-14(9-17(15)19)10-18-16-5-6-16/h3-4,7-9,13,16,18H,1-2,5-6,10-12H2. The lowest BCUT2D eigenvalue weighted by Gasteiger charge is -2.08. The number of rotatable bonds is 7. The molecular weight excluding hydrogens is 248 g/mol. The first-order valence-corrected chi connectivity index (χ1v) is 7.77. The van der Waals surface area contributed by atoms with Gasteiger partial charge < -0.3 is 14.6 Å². The molecule has 0 bridgehead atoms. The molecule has 20 heavy (non-hydrogen) atoms. The van der Waals surface area contributed by atoms with Crippen molar-refractivity contribution in [2.75, 3.05) is 6.61 Å². The summed E-state index contributed by atoms with van der Waals surface area (Å²) in [5, 5.41) is 4.88. The third-order valence-corrected chi connectivity index (χ3v) is 4.29.